The molecule has 3 N–H and O–H groups in total. The van der Waals surface area contributed by atoms with Gasteiger partial charge in [-0.3, -0.25) is 0 Å². The van der Waals surface area contributed by atoms with Crippen LogP contribution in [0.1, 0.15) is 78.7 Å². The van der Waals surface area contributed by atoms with E-state index in [0.717, 1.165) is 42.1 Å². The lowest BCUT2D eigenvalue weighted by Crippen LogP contribution is -2.54. The van der Waals surface area contributed by atoms with Crippen LogP contribution in [0, 0.1) is 0 Å². The molecule has 1 amide bonds. The molecule has 162 valence electrons. The highest BCUT2D eigenvalue weighted by Gasteiger charge is 2.38. The number of fused-ring (bicyclic) bond motifs is 1. The second kappa shape index (κ2) is 10.1. The van der Waals surface area contributed by atoms with E-state index in [9.17, 15) is 9.90 Å². The summed E-state index contributed by atoms with van der Waals surface area (Å²) in [5, 5.41) is 15.8. The van der Waals surface area contributed by atoms with Crippen molar-refractivity contribution in [2.45, 2.75) is 96.8 Å². The minimum atomic E-state index is -0.971. The summed E-state index contributed by atoms with van der Waals surface area (Å²) < 4.78 is 5.51. The summed E-state index contributed by atoms with van der Waals surface area (Å²) in [7, 11) is 0. The SMILES string of the molecule is CCCCC(O)(CCCC)[C@H](Cc1c[nH]c2ccccc12)NC(=O)OC(C)(C)C. The second-order valence-corrected chi connectivity index (χ2v) is 9.07. The number of hydrogen-bond acceptors (Lipinski definition) is 3. The van der Waals surface area contributed by atoms with Crippen LogP contribution in [0.3, 0.4) is 0 Å². The summed E-state index contributed by atoms with van der Waals surface area (Å²) in [5.74, 6) is 0. The second-order valence-electron chi connectivity index (χ2n) is 9.07. The molecule has 0 saturated heterocycles. The number of alkyl carbamates (subject to hydrolysis) is 1. The molecule has 0 saturated carbocycles. The minimum Gasteiger partial charge on any atom is -0.444 e. The molecule has 5 heteroatoms. The Hall–Kier alpha value is -2.01. The summed E-state index contributed by atoms with van der Waals surface area (Å²) in [6.07, 6.45) is 7.21. The number of hydrogen-bond donors (Lipinski definition) is 3. The van der Waals surface area contributed by atoms with E-state index in [0.29, 0.717) is 19.3 Å². The van der Waals surface area contributed by atoms with Crippen molar-refractivity contribution in [1.29, 1.82) is 0 Å². The van der Waals surface area contributed by atoms with E-state index in [1.807, 2.05) is 45.2 Å². The molecule has 2 rings (SSSR count). The fourth-order valence-electron chi connectivity index (χ4n) is 3.78. The summed E-state index contributed by atoms with van der Waals surface area (Å²) in [5.41, 5.74) is 0.596. The number of carbonyl (C=O) groups is 1. The van der Waals surface area contributed by atoms with E-state index in [1.54, 1.807) is 0 Å². The van der Waals surface area contributed by atoms with Crippen molar-refractivity contribution in [1.82, 2.24) is 10.3 Å². The van der Waals surface area contributed by atoms with E-state index >= 15 is 0 Å². The third kappa shape index (κ3) is 6.77. The van der Waals surface area contributed by atoms with Gasteiger partial charge in [0.25, 0.3) is 0 Å². The highest BCUT2D eigenvalue weighted by Crippen LogP contribution is 2.30. The van der Waals surface area contributed by atoms with Crippen LogP contribution in [0.4, 0.5) is 4.79 Å². The summed E-state index contributed by atoms with van der Waals surface area (Å²) >= 11 is 0. The largest absolute Gasteiger partial charge is 0.444 e. The van der Waals surface area contributed by atoms with Crippen molar-refractivity contribution in [3.8, 4) is 0 Å². The number of unbranched alkanes of at least 4 members (excludes halogenated alkanes) is 2. The highest BCUT2D eigenvalue weighted by molar-refractivity contribution is 5.83. The summed E-state index contributed by atoms with van der Waals surface area (Å²) in [6.45, 7) is 9.79. The van der Waals surface area contributed by atoms with Gasteiger partial charge in [0.1, 0.15) is 5.60 Å². The number of nitrogens with one attached hydrogen (secondary N) is 2. The van der Waals surface area contributed by atoms with Gasteiger partial charge in [0.15, 0.2) is 0 Å². The fraction of sp³-hybridized carbons (Fsp3) is 0.625. The van der Waals surface area contributed by atoms with Gasteiger partial charge in [-0.05, 0) is 51.7 Å². The molecule has 0 aliphatic rings. The van der Waals surface area contributed by atoms with Gasteiger partial charge in [-0.25, -0.2) is 4.79 Å². The Morgan fingerprint density at radius 3 is 2.34 bits per heavy atom. The number of amides is 1. The van der Waals surface area contributed by atoms with Crippen molar-refractivity contribution < 1.29 is 14.6 Å². The van der Waals surface area contributed by atoms with Crippen LogP contribution < -0.4 is 5.32 Å². The number of ether oxygens (including phenoxy) is 1. The Kier molecular flexibility index (Phi) is 8.14. The number of benzene rings is 1. The quantitative estimate of drug-likeness (QED) is 0.476. The first-order chi connectivity index (χ1) is 13.7. The molecule has 5 nitrogen and oxygen atoms in total. The fourth-order valence-corrected chi connectivity index (χ4v) is 3.78. The maximum absolute atomic E-state index is 12.6. The van der Waals surface area contributed by atoms with Crippen LogP contribution in [-0.4, -0.2) is 33.4 Å². The van der Waals surface area contributed by atoms with Crippen molar-refractivity contribution in [3.05, 3.63) is 36.0 Å². The smallest absolute Gasteiger partial charge is 0.407 e. The molecule has 1 aromatic carbocycles. The minimum absolute atomic E-state index is 0.422. The Morgan fingerprint density at radius 2 is 1.76 bits per heavy atom. The number of aliphatic hydroxyl groups is 1. The van der Waals surface area contributed by atoms with E-state index < -0.39 is 23.3 Å². The molecule has 0 unspecified atom stereocenters. The molecule has 0 aliphatic carbocycles. The summed E-state index contributed by atoms with van der Waals surface area (Å²) in [6, 6.07) is 7.70. The standard InChI is InChI=1S/C24H38N2O3/c1-6-8-14-24(28,15-9-7-2)21(26-22(27)29-23(3,4)5)16-18-17-25-20-13-11-10-12-19(18)20/h10-13,17,21,25,28H,6-9,14-16H2,1-5H3,(H,26,27)/t21-/m0/s1. The molecule has 0 bridgehead atoms. The van der Waals surface area contributed by atoms with Crippen LogP contribution in [-0.2, 0) is 11.2 Å². The predicted octanol–water partition coefficient (Wildman–Crippen LogP) is 5.72. The Bertz CT molecular complexity index is 768. The summed E-state index contributed by atoms with van der Waals surface area (Å²) in [4.78, 5) is 15.9. The molecule has 1 heterocycles. The van der Waals surface area contributed by atoms with Crippen molar-refractivity contribution >= 4 is 17.0 Å². The number of H-pyrrole nitrogens is 1. The number of para-hydroxylation sites is 1. The Balaban J connectivity index is 2.33. The van der Waals surface area contributed by atoms with E-state index in [4.69, 9.17) is 4.74 Å². The van der Waals surface area contributed by atoms with Crippen LogP contribution >= 0.6 is 0 Å². The molecule has 0 aliphatic heterocycles. The van der Waals surface area contributed by atoms with Gasteiger partial charge in [0.2, 0.25) is 0 Å². The lowest BCUT2D eigenvalue weighted by Gasteiger charge is -2.37. The third-order valence-corrected chi connectivity index (χ3v) is 5.37. The molecule has 2 aromatic rings. The van der Waals surface area contributed by atoms with Crippen LogP contribution in [0.15, 0.2) is 30.5 Å². The molecular formula is C24H38N2O3. The maximum atomic E-state index is 12.6. The van der Waals surface area contributed by atoms with Gasteiger partial charge in [0.05, 0.1) is 11.6 Å². The maximum Gasteiger partial charge on any atom is 0.407 e. The first-order valence-corrected chi connectivity index (χ1v) is 11.0. The number of rotatable bonds is 10. The lowest BCUT2D eigenvalue weighted by atomic mass is 9.81. The first-order valence-electron chi connectivity index (χ1n) is 11.0. The van der Waals surface area contributed by atoms with Crippen LogP contribution in [0.5, 0.6) is 0 Å². The first kappa shape index (κ1) is 23.3. The molecule has 0 fully saturated rings. The zero-order valence-electron chi connectivity index (χ0n) is 18.7. The topological polar surface area (TPSA) is 74.4 Å². The van der Waals surface area contributed by atoms with Gasteiger partial charge < -0.3 is 20.1 Å². The molecule has 1 aromatic heterocycles. The normalized spacial score (nSPS) is 13.4. The number of aromatic amines is 1. The Morgan fingerprint density at radius 1 is 1.14 bits per heavy atom. The third-order valence-electron chi connectivity index (χ3n) is 5.37. The zero-order valence-corrected chi connectivity index (χ0v) is 18.7. The number of aromatic nitrogens is 1. The van der Waals surface area contributed by atoms with Crippen molar-refractivity contribution in [3.63, 3.8) is 0 Å². The average molecular weight is 403 g/mol. The van der Waals surface area contributed by atoms with E-state index in [1.165, 1.54) is 0 Å². The van der Waals surface area contributed by atoms with Crippen molar-refractivity contribution in [2.75, 3.05) is 0 Å². The zero-order chi connectivity index (χ0) is 21.5. The molecular weight excluding hydrogens is 364 g/mol. The molecule has 29 heavy (non-hydrogen) atoms. The number of carbonyl (C=O) groups excluding carboxylic acids is 1. The predicted molar refractivity (Wildman–Crippen MR) is 119 cm³/mol. The molecule has 0 spiro atoms. The van der Waals surface area contributed by atoms with Crippen LogP contribution in [0.2, 0.25) is 0 Å². The van der Waals surface area contributed by atoms with Gasteiger partial charge in [-0.1, -0.05) is 57.7 Å². The lowest BCUT2D eigenvalue weighted by molar-refractivity contribution is -0.0232. The molecule has 0 radical (unpaired) electrons. The molecule has 1 atom stereocenters. The van der Waals surface area contributed by atoms with Gasteiger partial charge >= 0.3 is 6.09 Å². The van der Waals surface area contributed by atoms with E-state index in [2.05, 4.69) is 30.2 Å². The Labute approximate surface area is 175 Å². The van der Waals surface area contributed by atoms with Gasteiger partial charge in [0, 0.05) is 17.1 Å². The monoisotopic (exact) mass is 402 g/mol. The van der Waals surface area contributed by atoms with E-state index in [-0.39, 0.29) is 0 Å². The van der Waals surface area contributed by atoms with Gasteiger partial charge in [-0.15, -0.1) is 0 Å². The van der Waals surface area contributed by atoms with Crippen LogP contribution in [0.25, 0.3) is 10.9 Å². The average Bonchev–Trinajstić information content (AvgIpc) is 3.06. The highest BCUT2D eigenvalue weighted by atomic mass is 16.6. The van der Waals surface area contributed by atoms with Gasteiger partial charge in [-0.2, -0.15) is 0 Å². The van der Waals surface area contributed by atoms with Crippen molar-refractivity contribution in [2.24, 2.45) is 0 Å².